The van der Waals surface area contributed by atoms with Gasteiger partial charge in [-0.2, -0.15) is 4.39 Å². The highest BCUT2D eigenvalue weighted by atomic mass is 19.1. The van der Waals surface area contributed by atoms with Crippen LogP contribution in [0.1, 0.15) is 5.56 Å². The second-order valence-corrected chi connectivity index (χ2v) is 2.39. The maximum absolute atomic E-state index is 12.8. The molecule has 1 rings (SSSR count). The van der Waals surface area contributed by atoms with Crippen LogP contribution < -0.4 is 5.73 Å². The highest BCUT2D eigenvalue weighted by molar-refractivity contribution is 5.44. The maximum atomic E-state index is 12.8. The number of rotatable bonds is 2. The number of halogens is 1. The summed E-state index contributed by atoms with van der Waals surface area (Å²) in [7, 11) is 0. The van der Waals surface area contributed by atoms with Gasteiger partial charge in [-0.15, -0.1) is 0 Å². The van der Waals surface area contributed by atoms with Crippen molar-refractivity contribution in [2.45, 2.75) is 6.54 Å². The second-order valence-electron chi connectivity index (χ2n) is 2.39. The van der Waals surface area contributed by atoms with Gasteiger partial charge in [-0.3, -0.25) is 10.1 Å². The molecule has 0 amide bonds. The third-order valence-corrected chi connectivity index (χ3v) is 1.56. The fraction of sp³-hybridized carbons (Fsp3) is 0.143. The van der Waals surface area contributed by atoms with Crippen LogP contribution in [0.25, 0.3) is 0 Å². The van der Waals surface area contributed by atoms with Crippen LogP contribution in [0.15, 0.2) is 12.1 Å². The van der Waals surface area contributed by atoms with Crippen molar-refractivity contribution in [1.82, 2.24) is 0 Å². The van der Waals surface area contributed by atoms with Crippen molar-refractivity contribution in [2.75, 3.05) is 0 Å². The van der Waals surface area contributed by atoms with Gasteiger partial charge < -0.3 is 10.8 Å². The van der Waals surface area contributed by atoms with E-state index in [9.17, 15) is 14.5 Å². The van der Waals surface area contributed by atoms with Crippen molar-refractivity contribution in [2.24, 2.45) is 5.73 Å². The van der Waals surface area contributed by atoms with E-state index in [2.05, 4.69) is 0 Å². The monoisotopic (exact) mass is 186 g/mol. The number of nitrogens with two attached hydrogens (primary N) is 1. The number of hydrogen-bond acceptors (Lipinski definition) is 4. The molecule has 0 aliphatic rings. The highest BCUT2D eigenvalue weighted by Crippen LogP contribution is 2.25. The maximum Gasteiger partial charge on any atom is 0.305 e. The van der Waals surface area contributed by atoms with Crippen LogP contribution in [0, 0.1) is 15.9 Å². The van der Waals surface area contributed by atoms with E-state index in [0.717, 1.165) is 6.07 Å². The standard InChI is InChI=1S/C7H7FN2O3/c8-5-2-7(11)4(3-9)1-6(5)10(12)13/h1-2,11H,3,9H2. The molecule has 0 radical (unpaired) electrons. The molecule has 0 aliphatic carbocycles. The first kappa shape index (κ1) is 9.40. The van der Waals surface area contributed by atoms with Gasteiger partial charge in [0, 0.05) is 24.2 Å². The molecule has 1 aromatic carbocycles. The number of phenols is 1. The minimum atomic E-state index is -1.07. The van der Waals surface area contributed by atoms with Crippen molar-refractivity contribution in [3.8, 4) is 5.75 Å². The Morgan fingerprint density at radius 2 is 2.23 bits per heavy atom. The lowest BCUT2D eigenvalue weighted by molar-refractivity contribution is -0.387. The van der Waals surface area contributed by atoms with Gasteiger partial charge in [0.25, 0.3) is 0 Å². The molecule has 0 fully saturated rings. The first-order valence-corrected chi connectivity index (χ1v) is 3.42. The fourth-order valence-corrected chi connectivity index (χ4v) is 0.898. The van der Waals surface area contributed by atoms with Gasteiger partial charge in [-0.25, -0.2) is 0 Å². The molecule has 0 heterocycles. The third kappa shape index (κ3) is 1.73. The molecule has 5 nitrogen and oxygen atoms in total. The van der Waals surface area contributed by atoms with Crippen molar-refractivity contribution < 1.29 is 14.4 Å². The van der Waals surface area contributed by atoms with Gasteiger partial charge in [0.05, 0.1) is 4.92 Å². The smallest absolute Gasteiger partial charge is 0.305 e. The van der Waals surface area contributed by atoms with Crippen LogP contribution in [0.5, 0.6) is 5.75 Å². The van der Waals surface area contributed by atoms with Gasteiger partial charge in [0.1, 0.15) is 5.75 Å². The number of benzene rings is 1. The summed E-state index contributed by atoms with van der Waals surface area (Å²) in [4.78, 5) is 9.38. The Bertz CT molecular complexity index is 354. The lowest BCUT2D eigenvalue weighted by Gasteiger charge is -2.01. The van der Waals surface area contributed by atoms with E-state index in [1.165, 1.54) is 0 Å². The Hall–Kier alpha value is -1.69. The van der Waals surface area contributed by atoms with Gasteiger partial charge in [-0.1, -0.05) is 0 Å². The predicted octanol–water partition coefficient (Wildman–Crippen LogP) is 0.898. The number of aromatic hydroxyl groups is 1. The molecule has 0 saturated carbocycles. The molecule has 6 heteroatoms. The van der Waals surface area contributed by atoms with Gasteiger partial charge in [0.2, 0.25) is 5.82 Å². The molecule has 13 heavy (non-hydrogen) atoms. The summed E-state index contributed by atoms with van der Waals surface area (Å²) in [5.41, 5.74) is 4.63. The lowest BCUT2D eigenvalue weighted by Crippen LogP contribution is -2.00. The fourth-order valence-electron chi connectivity index (χ4n) is 0.898. The zero-order valence-corrected chi connectivity index (χ0v) is 6.53. The minimum Gasteiger partial charge on any atom is -0.508 e. The Balaban J connectivity index is 3.30. The largest absolute Gasteiger partial charge is 0.508 e. The molecule has 3 N–H and O–H groups in total. The van der Waals surface area contributed by atoms with E-state index in [0.29, 0.717) is 6.07 Å². The first-order valence-electron chi connectivity index (χ1n) is 3.42. The summed E-state index contributed by atoms with van der Waals surface area (Å²) in [6.07, 6.45) is 0. The average Bonchev–Trinajstić information content (AvgIpc) is 2.03. The van der Waals surface area contributed by atoms with Crippen LogP contribution in [-0.2, 0) is 6.54 Å². The van der Waals surface area contributed by atoms with E-state index in [-0.39, 0.29) is 17.9 Å². The quantitative estimate of drug-likeness (QED) is 0.530. The van der Waals surface area contributed by atoms with Crippen molar-refractivity contribution >= 4 is 5.69 Å². The van der Waals surface area contributed by atoms with Crippen LogP contribution >= 0.6 is 0 Å². The summed E-state index contributed by atoms with van der Waals surface area (Å²) < 4.78 is 12.8. The van der Waals surface area contributed by atoms with E-state index >= 15 is 0 Å². The number of phenolic OH excluding ortho intramolecular Hbond substituents is 1. The zero-order chi connectivity index (χ0) is 10.0. The van der Waals surface area contributed by atoms with E-state index in [4.69, 9.17) is 10.8 Å². The SMILES string of the molecule is NCc1cc([N+](=O)[O-])c(F)cc1O. The van der Waals surface area contributed by atoms with Crippen LogP contribution in [-0.4, -0.2) is 10.0 Å². The Morgan fingerprint density at radius 3 is 2.69 bits per heavy atom. The molecule has 0 aromatic heterocycles. The number of hydrogen-bond donors (Lipinski definition) is 2. The second kappa shape index (κ2) is 3.36. The van der Waals surface area contributed by atoms with Crippen LogP contribution in [0.2, 0.25) is 0 Å². The summed E-state index contributed by atoms with van der Waals surface area (Å²) in [6.45, 7) is -0.0764. The van der Waals surface area contributed by atoms with Gasteiger partial charge >= 0.3 is 5.69 Å². The molecule has 0 saturated heterocycles. The summed E-state index contributed by atoms with van der Waals surface area (Å²) in [5, 5.41) is 19.3. The van der Waals surface area contributed by atoms with E-state index in [1.54, 1.807) is 0 Å². The molecule has 0 spiro atoms. The summed E-state index contributed by atoms with van der Waals surface area (Å²) in [6, 6.07) is 1.60. The van der Waals surface area contributed by atoms with Gasteiger partial charge in [0.15, 0.2) is 0 Å². The van der Waals surface area contributed by atoms with Crippen LogP contribution in [0.3, 0.4) is 0 Å². The van der Waals surface area contributed by atoms with Gasteiger partial charge in [-0.05, 0) is 0 Å². The number of nitro benzene ring substituents is 1. The van der Waals surface area contributed by atoms with Crippen molar-refractivity contribution in [3.63, 3.8) is 0 Å². The normalized spacial score (nSPS) is 10.0. The van der Waals surface area contributed by atoms with E-state index < -0.39 is 16.4 Å². The molecule has 1 aromatic rings. The minimum absolute atomic E-state index is 0.0764. The predicted molar refractivity (Wildman–Crippen MR) is 42.6 cm³/mol. The highest BCUT2D eigenvalue weighted by Gasteiger charge is 2.16. The first-order chi connectivity index (χ1) is 6.06. The van der Waals surface area contributed by atoms with Crippen molar-refractivity contribution in [3.05, 3.63) is 33.6 Å². The van der Waals surface area contributed by atoms with E-state index in [1.807, 2.05) is 0 Å². The Kier molecular flexibility index (Phi) is 2.43. The number of nitrogens with zero attached hydrogens (tertiary/aromatic N) is 1. The molecular weight excluding hydrogens is 179 g/mol. The Morgan fingerprint density at radius 1 is 1.62 bits per heavy atom. The van der Waals surface area contributed by atoms with Crippen LogP contribution in [0.4, 0.5) is 10.1 Å². The third-order valence-electron chi connectivity index (χ3n) is 1.56. The molecule has 0 unspecified atom stereocenters. The lowest BCUT2D eigenvalue weighted by atomic mass is 10.1. The Labute approximate surface area is 72.7 Å². The molecule has 0 aliphatic heterocycles. The summed E-state index contributed by atoms with van der Waals surface area (Å²) >= 11 is 0. The molecule has 0 atom stereocenters. The molecule has 70 valence electrons. The molecular formula is C7H7FN2O3. The summed E-state index contributed by atoms with van der Waals surface area (Å²) in [5.74, 6) is -1.44. The average molecular weight is 186 g/mol. The molecule has 0 bridgehead atoms. The zero-order valence-electron chi connectivity index (χ0n) is 6.53. The topological polar surface area (TPSA) is 89.4 Å². The van der Waals surface area contributed by atoms with Crippen molar-refractivity contribution in [1.29, 1.82) is 0 Å². The number of nitro groups is 1.